The lowest BCUT2D eigenvalue weighted by molar-refractivity contribution is 0.0565. The van der Waals surface area contributed by atoms with Crippen molar-refractivity contribution in [1.82, 2.24) is 5.32 Å². The highest BCUT2D eigenvalue weighted by atomic mass is 16.3. The van der Waals surface area contributed by atoms with Crippen LogP contribution in [0, 0.1) is 6.92 Å². The zero-order valence-corrected chi connectivity index (χ0v) is 9.88. The summed E-state index contributed by atoms with van der Waals surface area (Å²) in [6, 6.07) is 4.34. The van der Waals surface area contributed by atoms with Crippen molar-refractivity contribution >= 4 is 5.69 Å². The summed E-state index contributed by atoms with van der Waals surface area (Å²) in [6.07, 6.45) is 1.01. The average Bonchev–Trinajstić information content (AvgIpc) is 2.40. The fraction of sp³-hybridized carbons (Fsp3) is 0.538. The lowest BCUT2D eigenvalue weighted by atomic mass is 9.90. The van der Waals surface area contributed by atoms with Gasteiger partial charge < -0.3 is 15.3 Å². The number of anilines is 1. The van der Waals surface area contributed by atoms with E-state index in [0.29, 0.717) is 13.1 Å². The molecule has 1 aromatic carbocycles. The molecule has 0 aromatic heterocycles. The molecule has 1 aromatic rings. The molecule has 0 radical (unpaired) electrons. The summed E-state index contributed by atoms with van der Waals surface area (Å²) < 4.78 is 0. The van der Waals surface area contributed by atoms with E-state index in [1.54, 1.807) is 0 Å². The van der Waals surface area contributed by atoms with Crippen LogP contribution in [0.3, 0.4) is 0 Å². The second-order valence-electron chi connectivity index (χ2n) is 5.08. The zero-order valence-electron chi connectivity index (χ0n) is 9.88. The molecule has 1 atom stereocenters. The van der Waals surface area contributed by atoms with Gasteiger partial charge in [-0.1, -0.05) is 12.1 Å². The number of β-amino-alcohol motifs (C(OH)–C–C–N with tert-alkyl or cyclic N) is 1. The van der Waals surface area contributed by atoms with Crippen molar-refractivity contribution < 1.29 is 5.11 Å². The van der Waals surface area contributed by atoms with Crippen LogP contribution >= 0.6 is 0 Å². The summed E-state index contributed by atoms with van der Waals surface area (Å²) in [5.74, 6) is 0. The molecule has 1 unspecified atom stereocenters. The van der Waals surface area contributed by atoms with Gasteiger partial charge >= 0.3 is 0 Å². The largest absolute Gasteiger partial charge is 0.382 e. The number of benzene rings is 1. The van der Waals surface area contributed by atoms with Crippen LogP contribution in [0.2, 0.25) is 0 Å². The van der Waals surface area contributed by atoms with E-state index < -0.39 is 5.60 Å². The maximum atomic E-state index is 10.8. The molecule has 0 fully saturated rings. The molecule has 0 saturated carbocycles. The molecular formula is C13H18N2O. The minimum atomic E-state index is -0.693. The second-order valence-corrected chi connectivity index (χ2v) is 5.08. The lowest BCUT2D eigenvalue weighted by Crippen LogP contribution is -2.40. The van der Waals surface area contributed by atoms with Crippen LogP contribution < -0.4 is 10.2 Å². The third kappa shape index (κ3) is 1.22. The SMILES string of the molecule is Cc1ccc2c3c1N(C)CC3(O)CNCC2. The predicted molar refractivity (Wildman–Crippen MR) is 64.9 cm³/mol. The summed E-state index contributed by atoms with van der Waals surface area (Å²) in [5, 5.41) is 14.1. The Morgan fingerprint density at radius 3 is 3.06 bits per heavy atom. The molecule has 3 nitrogen and oxygen atoms in total. The van der Waals surface area contributed by atoms with Gasteiger partial charge in [0, 0.05) is 24.8 Å². The van der Waals surface area contributed by atoms with Crippen molar-refractivity contribution in [3.8, 4) is 0 Å². The van der Waals surface area contributed by atoms with Gasteiger partial charge in [-0.25, -0.2) is 0 Å². The number of hydrogen-bond donors (Lipinski definition) is 2. The van der Waals surface area contributed by atoms with E-state index in [9.17, 15) is 5.11 Å². The Hall–Kier alpha value is -1.06. The minimum absolute atomic E-state index is 0.667. The summed E-state index contributed by atoms with van der Waals surface area (Å²) in [6.45, 7) is 4.45. The molecule has 0 spiro atoms. The summed E-state index contributed by atoms with van der Waals surface area (Å²) >= 11 is 0. The van der Waals surface area contributed by atoms with Gasteiger partial charge in [-0.3, -0.25) is 0 Å². The maximum absolute atomic E-state index is 10.8. The Morgan fingerprint density at radius 2 is 2.25 bits per heavy atom. The van der Waals surface area contributed by atoms with Crippen LogP contribution in [0.25, 0.3) is 0 Å². The first-order valence-electron chi connectivity index (χ1n) is 5.89. The Bertz CT molecular complexity index is 444. The first kappa shape index (κ1) is 10.1. The first-order chi connectivity index (χ1) is 7.62. The van der Waals surface area contributed by atoms with E-state index >= 15 is 0 Å². The molecule has 0 amide bonds. The highest BCUT2D eigenvalue weighted by Gasteiger charge is 2.42. The average molecular weight is 218 g/mol. The van der Waals surface area contributed by atoms with Crippen LogP contribution in [-0.2, 0) is 12.0 Å². The molecule has 0 aliphatic carbocycles. The Morgan fingerprint density at radius 1 is 1.44 bits per heavy atom. The van der Waals surface area contributed by atoms with Gasteiger partial charge in [0.25, 0.3) is 0 Å². The fourth-order valence-electron chi connectivity index (χ4n) is 3.17. The molecule has 2 heterocycles. The van der Waals surface area contributed by atoms with Gasteiger partial charge in [0.05, 0.1) is 6.54 Å². The van der Waals surface area contributed by atoms with Gasteiger partial charge in [-0.15, -0.1) is 0 Å². The monoisotopic (exact) mass is 218 g/mol. The van der Waals surface area contributed by atoms with E-state index in [-0.39, 0.29) is 0 Å². The number of hydrogen-bond acceptors (Lipinski definition) is 3. The van der Waals surface area contributed by atoms with Crippen molar-refractivity contribution in [1.29, 1.82) is 0 Å². The van der Waals surface area contributed by atoms with Crippen LogP contribution in [0.15, 0.2) is 12.1 Å². The zero-order chi connectivity index (χ0) is 11.3. The quantitative estimate of drug-likeness (QED) is 0.675. The normalized spacial score (nSPS) is 27.8. The molecule has 2 N–H and O–H groups in total. The Kier molecular flexibility index (Phi) is 2.03. The molecule has 16 heavy (non-hydrogen) atoms. The molecule has 3 heteroatoms. The number of aliphatic hydroxyl groups is 1. The summed E-state index contributed by atoms with van der Waals surface area (Å²) in [5.41, 5.74) is 4.28. The van der Waals surface area contributed by atoms with Crippen molar-refractivity contribution in [2.24, 2.45) is 0 Å². The van der Waals surface area contributed by atoms with E-state index in [4.69, 9.17) is 0 Å². The Labute approximate surface area is 96.1 Å². The number of nitrogens with zero attached hydrogens (tertiary/aromatic N) is 1. The smallest absolute Gasteiger partial charge is 0.122 e. The van der Waals surface area contributed by atoms with Gasteiger partial charge in [0.1, 0.15) is 5.60 Å². The highest BCUT2D eigenvalue weighted by molar-refractivity contribution is 5.68. The van der Waals surface area contributed by atoms with Gasteiger partial charge in [0.2, 0.25) is 0 Å². The number of aryl methyl sites for hydroxylation is 1. The molecular weight excluding hydrogens is 200 g/mol. The van der Waals surface area contributed by atoms with Gasteiger partial charge in [0.15, 0.2) is 0 Å². The van der Waals surface area contributed by atoms with Crippen molar-refractivity contribution in [2.75, 3.05) is 31.6 Å². The van der Waals surface area contributed by atoms with E-state index in [2.05, 4.69) is 36.3 Å². The number of rotatable bonds is 0. The van der Waals surface area contributed by atoms with Crippen LogP contribution in [-0.4, -0.2) is 31.8 Å². The van der Waals surface area contributed by atoms with Crippen LogP contribution in [0.4, 0.5) is 5.69 Å². The van der Waals surface area contributed by atoms with E-state index in [1.807, 2.05) is 0 Å². The highest BCUT2D eigenvalue weighted by Crippen LogP contribution is 2.43. The molecule has 0 saturated heterocycles. The third-order valence-electron chi connectivity index (χ3n) is 3.80. The van der Waals surface area contributed by atoms with Gasteiger partial charge in [-0.2, -0.15) is 0 Å². The second kappa shape index (κ2) is 3.22. The third-order valence-corrected chi connectivity index (χ3v) is 3.80. The summed E-state index contributed by atoms with van der Waals surface area (Å²) in [7, 11) is 2.06. The predicted octanol–water partition coefficient (Wildman–Crippen LogP) is 0.778. The standard InChI is InChI=1S/C13H18N2O/c1-9-3-4-10-5-6-14-7-13(16)8-15(2)12(9)11(10)13/h3-4,14,16H,5-8H2,1-2H3. The lowest BCUT2D eigenvalue weighted by Gasteiger charge is -2.23. The summed E-state index contributed by atoms with van der Waals surface area (Å²) in [4.78, 5) is 2.18. The fourth-order valence-corrected chi connectivity index (χ4v) is 3.17. The maximum Gasteiger partial charge on any atom is 0.122 e. The van der Waals surface area contributed by atoms with Crippen molar-refractivity contribution in [3.63, 3.8) is 0 Å². The Balaban J connectivity index is 2.28. The van der Waals surface area contributed by atoms with Gasteiger partial charge in [-0.05, 0) is 31.0 Å². The van der Waals surface area contributed by atoms with Crippen molar-refractivity contribution in [2.45, 2.75) is 18.9 Å². The van der Waals surface area contributed by atoms with E-state index in [1.165, 1.54) is 22.4 Å². The van der Waals surface area contributed by atoms with Crippen LogP contribution in [0.1, 0.15) is 16.7 Å². The molecule has 3 rings (SSSR count). The number of likely N-dealkylation sites (N-methyl/N-ethyl adjacent to an activating group) is 1. The molecule has 2 aliphatic heterocycles. The molecule has 2 aliphatic rings. The number of nitrogens with one attached hydrogen (secondary N) is 1. The molecule has 0 bridgehead atoms. The van der Waals surface area contributed by atoms with E-state index in [0.717, 1.165) is 13.0 Å². The first-order valence-corrected chi connectivity index (χ1v) is 5.89. The van der Waals surface area contributed by atoms with Crippen molar-refractivity contribution in [3.05, 3.63) is 28.8 Å². The topological polar surface area (TPSA) is 35.5 Å². The molecule has 86 valence electrons. The minimum Gasteiger partial charge on any atom is -0.382 e. The van der Waals surface area contributed by atoms with Crippen LogP contribution in [0.5, 0.6) is 0 Å².